The Morgan fingerprint density at radius 1 is 0.895 bits per heavy atom. The predicted molar refractivity (Wildman–Crippen MR) is 147 cm³/mol. The van der Waals surface area contributed by atoms with Crippen molar-refractivity contribution >= 4 is 27.5 Å². The molecule has 1 atom stereocenters. The second kappa shape index (κ2) is 12.7. The zero-order valence-electron chi connectivity index (χ0n) is 22.1. The number of amides is 2. The quantitative estimate of drug-likeness (QED) is 0.393. The fourth-order valence-corrected chi connectivity index (χ4v) is 5.36. The number of rotatable bonds is 11. The minimum atomic E-state index is -4.18. The van der Waals surface area contributed by atoms with Gasteiger partial charge in [0.25, 0.3) is 10.0 Å². The maximum Gasteiger partial charge on any atom is 0.264 e. The Hall–Kier alpha value is -3.72. The molecule has 0 spiro atoms. The Bertz CT molecular complexity index is 1330. The molecule has 0 bridgehead atoms. The van der Waals surface area contributed by atoms with Crippen molar-refractivity contribution in [3.05, 3.63) is 95.8 Å². The fourth-order valence-electron chi connectivity index (χ4n) is 3.95. The van der Waals surface area contributed by atoms with Gasteiger partial charge in [0.15, 0.2) is 0 Å². The monoisotopic (exact) mass is 539 g/mol. The van der Waals surface area contributed by atoms with Crippen molar-refractivity contribution in [3.63, 3.8) is 0 Å². The molecule has 2 amide bonds. The van der Waals surface area contributed by atoms with E-state index in [0.29, 0.717) is 6.42 Å². The predicted octanol–water partition coefficient (Wildman–Crippen LogP) is 4.31. The molecule has 0 heterocycles. The molecule has 9 heteroatoms. The van der Waals surface area contributed by atoms with Crippen molar-refractivity contribution in [3.8, 4) is 0 Å². The van der Waals surface area contributed by atoms with Gasteiger partial charge >= 0.3 is 0 Å². The number of nitrogens with zero attached hydrogens (tertiary/aromatic N) is 2. The molecular weight excluding hydrogens is 505 g/mol. The highest BCUT2D eigenvalue weighted by Crippen LogP contribution is 2.25. The summed E-state index contributed by atoms with van der Waals surface area (Å²) in [5, 5.41) is 2.82. The molecule has 3 rings (SSSR count). The number of anilines is 1. The van der Waals surface area contributed by atoms with Crippen LogP contribution in [0.2, 0.25) is 0 Å². The molecule has 0 radical (unpaired) electrons. The smallest absolute Gasteiger partial charge is 0.264 e. The molecule has 0 aliphatic heterocycles. The van der Waals surface area contributed by atoms with Gasteiger partial charge in [-0.3, -0.25) is 13.9 Å². The van der Waals surface area contributed by atoms with Crippen LogP contribution in [0.1, 0.15) is 31.9 Å². The number of nitrogens with one attached hydrogen (secondary N) is 1. The van der Waals surface area contributed by atoms with E-state index in [4.69, 9.17) is 0 Å². The van der Waals surface area contributed by atoms with Crippen LogP contribution in [0.25, 0.3) is 0 Å². The van der Waals surface area contributed by atoms with Gasteiger partial charge in [-0.25, -0.2) is 12.8 Å². The van der Waals surface area contributed by atoms with Crippen molar-refractivity contribution < 1.29 is 22.4 Å². The van der Waals surface area contributed by atoms with E-state index in [-0.39, 0.29) is 29.1 Å². The van der Waals surface area contributed by atoms with Crippen molar-refractivity contribution in [1.29, 1.82) is 0 Å². The molecule has 202 valence electrons. The summed E-state index contributed by atoms with van der Waals surface area (Å²) in [5.74, 6) is -1.42. The summed E-state index contributed by atoms with van der Waals surface area (Å²) >= 11 is 0. The number of benzene rings is 3. The lowest BCUT2D eigenvalue weighted by molar-refractivity contribution is -0.139. The lowest BCUT2D eigenvalue weighted by atomic mass is 10.1. The van der Waals surface area contributed by atoms with Crippen molar-refractivity contribution in [2.75, 3.05) is 17.4 Å². The highest BCUT2D eigenvalue weighted by molar-refractivity contribution is 7.92. The fraction of sp³-hybridized carbons (Fsp3) is 0.310. The Morgan fingerprint density at radius 2 is 1.50 bits per heavy atom. The lowest BCUT2D eigenvalue weighted by Crippen LogP contribution is -2.53. The van der Waals surface area contributed by atoms with Gasteiger partial charge in [0.2, 0.25) is 11.8 Å². The van der Waals surface area contributed by atoms with E-state index in [9.17, 15) is 22.4 Å². The maximum atomic E-state index is 13.7. The number of carbonyl (C=O) groups excluding carboxylic acids is 2. The molecular formula is C29H34FN3O4S. The van der Waals surface area contributed by atoms with E-state index >= 15 is 0 Å². The van der Waals surface area contributed by atoms with Gasteiger partial charge in [-0.15, -0.1) is 0 Å². The zero-order valence-corrected chi connectivity index (χ0v) is 22.9. The van der Waals surface area contributed by atoms with Crippen LogP contribution >= 0.6 is 0 Å². The first kappa shape index (κ1) is 28.8. The van der Waals surface area contributed by atoms with Crippen LogP contribution in [-0.2, 0) is 26.0 Å². The van der Waals surface area contributed by atoms with E-state index in [1.165, 1.54) is 29.2 Å². The molecule has 3 aromatic rings. The third-order valence-electron chi connectivity index (χ3n) is 6.08. The molecule has 3 aromatic carbocycles. The first-order valence-corrected chi connectivity index (χ1v) is 13.9. The van der Waals surface area contributed by atoms with Crippen LogP contribution < -0.4 is 9.62 Å². The summed E-state index contributed by atoms with van der Waals surface area (Å²) in [6, 6.07) is 19.7. The van der Waals surface area contributed by atoms with E-state index < -0.39 is 34.3 Å². The minimum Gasteiger partial charge on any atom is -0.352 e. The summed E-state index contributed by atoms with van der Waals surface area (Å²) in [5.41, 5.74) is 2.00. The number of hydrogen-bond donors (Lipinski definition) is 1. The first-order valence-electron chi connectivity index (χ1n) is 12.5. The van der Waals surface area contributed by atoms with Gasteiger partial charge < -0.3 is 10.2 Å². The van der Waals surface area contributed by atoms with Gasteiger partial charge in [-0.05, 0) is 76.1 Å². The molecule has 38 heavy (non-hydrogen) atoms. The minimum absolute atomic E-state index is 0.00154. The van der Waals surface area contributed by atoms with Crippen LogP contribution in [0.5, 0.6) is 0 Å². The first-order chi connectivity index (χ1) is 18.0. The van der Waals surface area contributed by atoms with Gasteiger partial charge in [-0.2, -0.15) is 0 Å². The summed E-state index contributed by atoms with van der Waals surface area (Å²) in [4.78, 5) is 28.0. The summed E-state index contributed by atoms with van der Waals surface area (Å²) in [6.45, 7) is 6.76. The SMILES string of the molecule is Cc1ccc(S(=O)(=O)N(CC(=O)N(CCc2ccccc2)[C@@H](C)C(=O)NC(C)C)c2ccc(F)cc2)cc1. The number of aryl methyl sites for hydroxylation is 1. The van der Waals surface area contributed by atoms with Crippen molar-refractivity contribution in [2.45, 2.75) is 51.1 Å². The highest BCUT2D eigenvalue weighted by atomic mass is 32.2. The van der Waals surface area contributed by atoms with Crippen LogP contribution in [0.4, 0.5) is 10.1 Å². The summed E-state index contributed by atoms with van der Waals surface area (Å²) in [6.07, 6.45) is 0.479. The van der Waals surface area contributed by atoms with Gasteiger partial charge in [0, 0.05) is 12.6 Å². The summed E-state index contributed by atoms with van der Waals surface area (Å²) in [7, 11) is -4.18. The summed E-state index contributed by atoms with van der Waals surface area (Å²) < 4.78 is 42.0. The largest absolute Gasteiger partial charge is 0.352 e. The number of sulfonamides is 1. The molecule has 7 nitrogen and oxygen atoms in total. The molecule has 0 saturated carbocycles. The van der Waals surface area contributed by atoms with Gasteiger partial charge in [-0.1, -0.05) is 48.0 Å². The standard InChI is InChI=1S/C29H34FN3O4S/c1-21(2)31-29(35)23(4)32(19-18-24-8-6-5-7-9-24)28(34)20-33(26-14-12-25(30)13-15-26)38(36,37)27-16-10-22(3)11-17-27/h5-17,21,23H,18-20H2,1-4H3,(H,31,35)/t23-/m0/s1. The maximum absolute atomic E-state index is 13.7. The van der Waals surface area contributed by atoms with Gasteiger partial charge in [0.05, 0.1) is 10.6 Å². The Balaban J connectivity index is 1.97. The zero-order chi connectivity index (χ0) is 27.9. The van der Waals surface area contributed by atoms with Crippen LogP contribution in [0, 0.1) is 12.7 Å². The number of halogens is 1. The highest BCUT2D eigenvalue weighted by Gasteiger charge is 2.32. The third kappa shape index (κ3) is 7.41. The number of hydrogen-bond acceptors (Lipinski definition) is 4. The van der Waals surface area contributed by atoms with E-state index in [1.807, 2.05) is 51.1 Å². The van der Waals surface area contributed by atoms with Crippen LogP contribution in [0.3, 0.4) is 0 Å². The molecule has 0 aromatic heterocycles. The molecule has 0 aliphatic rings. The molecule has 0 saturated heterocycles. The van der Waals surface area contributed by atoms with Crippen LogP contribution in [-0.4, -0.2) is 50.3 Å². The molecule has 0 aliphatic carbocycles. The van der Waals surface area contributed by atoms with Crippen molar-refractivity contribution in [1.82, 2.24) is 10.2 Å². The van der Waals surface area contributed by atoms with E-state index in [2.05, 4.69) is 5.32 Å². The molecule has 0 unspecified atom stereocenters. The van der Waals surface area contributed by atoms with E-state index in [1.54, 1.807) is 19.1 Å². The second-order valence-electron chi connectivity index (χ2n) is 9.46. The molecule has 0 fully saturated rings. The Labute approximate surface area is 224 Å². The van der Waals surface area contributed by atoms with Gasteiger partial charge in [0.1, 0.15) is 18.4 Å². The average molecular weight is 540 g/mol. The Kier molecular flexibility index (Phi) is 9.63. The lowest BCUT2D eigenvalue weighted by Gasteiger charge is -2.32. The molecule has 1 N–H and O–H groups in total. The van der Waals surface area contributed by atoms with E-state index in [0.717, 1.165) is 27.6 Å². The van der Waals surface area contributed by atoms with Crippen molar-refractivity contribution in [2.24, 2.45) is 0 Å². The Morgan fingerprint density at radius 3 is 2.08 bits per heavy atom. The topological polar surface area (TPSA) is 86.8 Å². The second-order valence-corrected chi connectivity index (χ2v) is 11.3. The average Bonchev–Trinajstić information content (AvgIpc) is 2.88. The van der Waals surface area contributed by atoms with Crippen LogP contribution in [0.15, 0.2) is 83.8 Å². The third-order valence-corrected chi connectivity index (χ3v) is 7.87. The normalized spacial score (nSPS) is 12.2. The number of carbonyl (C=O) groups is 2.